The summed E-state index contributed by atoms with van der Waals surface area (Å²) in [6.45, 7) is 4.46. The standard InChI is InChI=1S/C35H35F2N5O2/c1-2-26-29(37)9-7-22-13-25(43)15-28(32(22)26)21-6-8-27-30(14-21)39-34(44-20-35-10-4-12-42(35)18-24(36)16-35)40-33(27)41-17-23-5-3-11-38-31(23)19-41/h1,6-9,13-15,23-24,31,38,43H,3-5,10-12,16-20H2/t23-,24-,31+,35+/m1/s1. The van der Waals surface area contributed by atoms with E-state index in [0.717, 1.165) is 55.8 Å². The molecule has 8 rings (SSSR count). The summed E-state index contributed by atoms with van der Waals surface area (Å²) in [4.78, 5) is 14.4. The molecule has 0 spiro atoms. The molecule has 4 atom stereocenters. The van der Waals surface area contributed by atoms with Gasteiger partial charge in [0.15, 0.2) is 0 Å². The predicted octanol–water partition coefficient (Wildman–Crippen LogP) is 5.42. The molecule has 4 aliphatic heterocycles. The Morgan fingerprint density at radius 3 is 2.89 bits per heavy atom. The molecule has 4 fully saturated rings. The summed E-state index contributed by atoms with van der Waals surface area (Å²) in [5.74, 6) is 3.45. The van der Waals surface area contributed by atoms with Crippen molar-refractivity contribution in [1.29, 1.82) is 0 Å². The summed E-state index contributed by atoms with van der Waals surface area (Å²) in [5.41, 5.74) is 1.87. The number of hydrogen-bond acceptors (Lipinski definition) is 7. The van der Waals surface area contributed by atoms with Crippen molar-refractivity contribution in [2.24, 2.45) is 5.92 Å². The van der Waals surface area contributed by atoms with Gasteiger partial charge in [0.25, 0.3) is 0 Å². The van der Waals surface area contributed by atoms with Crippen molar-refractivity contribution in [3.05, 3.63) is 53.8 Å². The molecule has 0 aliphatic carbocycles. The Morgan fingerprint density at radius 1 is 1.11 bits per heavy atom. The lowest BCUT2D eigenvalue weighted by Gasteiger charge is -2.31. The lowest BCUT2D eigenvalue weighted by atomic mass is 9.93. The van der Waals surface area contributed by atoms with Crippen molar-refractivity contribution >= 4 is 27.5 Å². The van der Waals surface area contributed by atoms with Crippen molar-refractivity contribution in [3.63, 3.8) is 0 Å². The third-order valence-electron chi connectivity index (χ3n) is 10.3. The van der Waals surface area contributed by atoms with Crippen LogP contribution in [0.1, 0.15) is 37.7 Å². The van der Waals surface area contributed by atoms with Crippen molar-refractivity contribution in [3.8, 4) is 35.2 Å². The van der Waals surface area contributed by atoms with Crippen LogP contribution in [0.25, 0.3) is 32.8 Å². The van der Waals surface area contributed by atoms with Gasteiger partial charge in [-0.15, -0.1) is 6.42 Å². The minimum atomic E-state index is -0.843. The molecule has 0 saturated carbocycles. The number of piperidine rings is 1. The first-order chi connectivity index (χ1) is 21.4. The van der Waals surface area contributed by atoms with Gasteiger partial charge in [0.1, 0.15) is 30.2 Å². The van der Waals surface area contributed by atoms with Gasteiger partial charge in [0.05, 0.1) is 16.6 Å². The summed E-state index contributed by atoms with van der Waals surface area (Å²) < 4.78 is 35.7. The molecule has 4 saturated heterocycles. The molecule has 4 aliphatic rings. The molecule has 4 aromatic rings. The Labute approximate surface area is 255 Å². The summed E-state index contributed by atoms with van der Waals surface area (Å²) in [6, 6.07) is 12.7. The number of nitrogens with zero attached hydrogens (tertiary/aromatic N) is 4. The quantitative estimate of drug-likeness (QED) is 0.299. The third-order valence-corrected chi connectivity index (χ3v) is 10.3. The number of ether oxygens (including phenoxy) is 1. The predicted molar refractivity (Wildman–Crippen MR) is 167 cm³/mol. The van der Waals surface area contributed by atoms with E-state index in [9.17, 15) is 13.9 Å². The van der Waals surface area contributed by atoms with Gasteiger partial charge in [-0.1, -0.05) is 18.1 Å². The van der Waals surface area contributed by atoms with E-state index in [1.54, 1.807) is 18.2 Å². The fourth-order valence-electron chi connectivity index (χ4n) is 8.23. The topological polar surface area (TPSA) is 73.8 Å². The third kappa shape index (κ3) is 4.54. The van der Waals surface area contributed by atoms with Gasteiger partial charge in [0, 0.05) is 42.9 Å². The molecule has 3 aromatic carbocycles. The van der Waals surface area contributed by atoms with E-state index in [4.69, 9.17) is 21.1 Å². The number of nitrogens with one attached hydrogen (secondary N) is 1. The largest absolute Gasteiger partial charge is 0.508 e. The van der Waals surface area contributed by atoms with E-state index in [-0.39, 0.29) is 22.9 Å². The monoisotopic (exact) mass is 595 g/mol. The molecule has 9 heteroatoms. The van der Waals surface area contributed by atoms with Gasteiger partial charge in [-0.25, -0.2) is 8.78 Å². The van der Waals surface area contributed by atoms with Gasteiger partial charge < -0.3 is 20.1 Å². The number of phenols is 1. The first kappa shape index (κ1) is 27.5. The minimum absolute atomic E-state index is 0.0600. The highest BCUT2D eigenvalue weighted by Crippen LogP contribution is 2.42. The second-order valence-corrected chi connectivity index (χ2v) is 13.0. The average molecular weight is 596 g/mol. The second-order valence-electron chi connectivity index (χ2n) is 13.0. The molecular weight excluding hydrogens is 560 g/mol. The maximum atomic E-state index is 14.8. The first-order valence-corrected chi connectivity index (χ1v) is 15.6. The van der Waals surface area contributed by atoms with E-state index in [1.807, 2.05) is 18.2 Å². The van der Waals surface area contributed by atoms with Gasteiger partial charge in [-0.2, -0.15) is 9.97 Å². The number of benzene rings is 3. The number of aromatic hydroxyl groups is 1. The molecule has 5 heterocycles. The summed E-state index contributed by atoms with van der Waals surface area (Å²) in [6.07, 6.45) is 9.67. The highest BCUT2D eigenvalue weighted by Gasteiger charge is 2.49. The zero-order valence-electron chi connectivity index (χ0n) is 24.5. The lowest BCUT2D eigenvalue weighted by molar-refractivity contribution is 0.107. The van der Waals surface area contributed by atoms with Crippen LogP contribution < -0.4 is 15.0 Å². The van der Waals surface area contributed by atoms with Gasteiger partial charge in [-0.05, 0) is 91.5 Å². The van der Waals surface area contributed by atoms with Gasteiger partial charge in [0.2, 0.25) is 0 Å². The number of phenolic OH excluding ortho intramolecular Hbond substituents is 1. The zero-order chi connectivity index (χ0) is 30.0. The van der Waals surface area contributed by atoms with Crippen LogP contribution in [0.5, 0.6) is 11.8 Å². The number of hydrogen-bond donors (Lipinski definition) is 2. The number of alkyl halides is 1. The van der Waals surface area contributed by atoms with Crippen LogP contribution >= 0.6 is 0 Å². The number of anilines is 1. The molecule has 0 unspecified atom stereocenters. The van der Waals surface area contributed by atoms with Crippen molar-refractivity contribution < 1.29 is 18.6 Å². The SMILES string of the molecule is C#Cc1c(F)ccc2cc(O)cc(-c3ccc4c(N5C[C@H]6CCCN[C@H]6C5)nc(OC[C@@]56CCCN5C[C@H](F)C6)nc4c3)c12. The summed E-state index contributed by atoms with van der Waals surface area (Å²) >= 11 is 0. The smallest absolute Gasteiger partial charge is 0.319 e. The molecule has 2 N–H and O–H groups in total. The lowest BCUT2D eigenvalue weighted by Crippen LogP contribution is -2.43. The Balaban J connectivity index is 1.24. The number of fused-ring (bicyclic) bond motifs is 4. The Morgan fingerprint density at radius 2 is 2.02 bits per heavy atom. The van der Waals surface area contributed by atoms with Crippen LogP contribution in [0.4, 0.5) is 14.6 Å². The fourth-order valence-corrected chi connectivity index (χ4v) is 8.23. The maximum absolute atomic E-state index is 14.8. The molecule has 0 bridgehead atoms. The van der Waals surface area contributed by atoms with Crippen LogP contribution in [-0.2, 0) is 0 Å². The number of halogens is 2. The highest BCUT2D eigenvalue weighted by molar-refractivity contribution is 6.03. The Hall–Kier alpha value is -4.00. The molecule has 1 aromatic heterocycles. The van der Waals surface area contributed by atoms with Crippen molar-refractivity contribution in [1.82, 2.24) is 20.2 Å². The van der Waals surface area contributed by atoms with Crippen LogP contribution in [-0.4, -0.2) is 77.1 Å². The number of terminal acetylenes is 1. The fraction of sp³-hybridized carbons (Fsp3) is 0.429. The number of aromatic nitrogens is 2. The molecular formula is C35H35F2N5O2. The van der Waals surface area contributed by atoms with E-state index in [1.165, 1.54) is 18.9 Å². The van der Waals surface area contributed by atoms with E-state index < -0.39 is 12.0 Å². The zero-order valence-corrected chi connectivity index (χ0v) is 24.5. The number of rotatable bonds is 5. The van der Waals surface area contributed by atoms with Crippen molar-refractivity contribution in [2.45, 2.75) is 49.9 Å². The average Bonchev–Trinajstić information content (AvgIpc) is 3.71. The molecule has 0 radical (unpaired) electrons. The summed E-state index contributed by atoms with van der Waals surface area (Å²) in [5, 5.41) is 16.4. The second kappa shape index (κ2) is 10.6. The van der Waals surface area contributed by atoms with Crippen LogP contribution in [0.2, 0.25) is 0 Å². The summed E-state index contributed by atoms with van der Waals surface area (Å²) in [7, 11) is 0. The van der Waals surface area contributed by atoms with Gasteiger partial charge >= 0.3 is 6.01 Å². The molecule has 7 nitrogen and oxygen atoms in total. The van der Waals surface area contributed by atoms with E-state index in [2.05, 4.69) is 21.0 Å². The molecule has 44 heavy (non-hydrogen) atoms. The van der Waals surface area contributed by atoms with Crippen LogP contribution in [0.15, 0.2) is 42.5 Å². The highest BCUT2D eigenvalue weighted by atomic mass is 19.1. The van der Waals surface area contributed by atoms with Crippen molar-refractivity contribution in [2.75, 3.05) is 44.2 Å². The maximum Gasteiger partial charge on any atom is 0.319 e. The molecule has 0 amide bonds. The first-order valence-electron chi connectivity index (χ1n) is 15.6. The van der Waals surface area contributed by atoms with E-state index in [0.29, 0.717) is 53.4 Å². The minimum Gasteiger partial charge on any atom is -0.508 e. The van der Waals surface area contributed by atoms with E-state index >= 15 is 0 Å². The Kier molecular flexibility index (Phi) is 6.61. The van der Waals surface area contributed by atoms with Crippen LogP contribution in [0, 0.1) is 24.1 Å². The molecule has 226 valence electrons. The van der Waals surface area contributed by atoms with Gasteiger partial charge in [-0.3, -0.25) is 4.90 Å². The van der Waals surface area contributed by atoms with Crippen LogP contribution in [0.3, 0.4) is 0 Å². The normalized spacial score (nSPS) is 26.7. The Bertz CT molecular complexity index is 1810.